The summed E-state index contributed by atoms with van der Waals surface area (Å²) in [6, 6.07) is 8.20. The molecule has 1 aliphatic carbocycles. The van der Waals surface area contributed by atoms with Crippen molar-refractivity contribution in [1.82, 2.24) is 0 Å². The number of allylic oxidation sites excluding steroid dienone is 4. The summed E-state index contributed by atoms with van der Waals surface area (Å²) in [5.41, 5.74) is 1.36. The van der Waals surface area contributed by atoms with E-state index in [1.165, 1.54) is 36.4 Å². The summed E-state index contributed by atoms with van der Waals surface area (Å²) in [4.78, 5) is 41.8. The third-order valence-electron chi connectivity index (χ3n) is 10.5. The topological polar surface area (TPSA) is 241 Å². The second-order valence-corrected chi connectivity index (χ2v) is 19.3. The van der Waals surface area contributed by atoms with E-state index in [-0.39, 0.29) is 35.6 Å². The summed E-state index contributed by atoms with van der Waals surface area (Å²) >= 11 is 0. The Morgan fingerprint density at radius 3 is 1.44 bits per heavy atom. The summed E-state index contributed by atoms with van der Waals surface area (Å²) in [7, 11) is -13.3. The van der Waals surface area contributed by atoms with Gasteiger partial charge in [-0.3, -0.25) is 28.0 Å². The molecule has 0 unspecified atom stereocenters. The van der Waals surface area contributed by atoms with Gasteiger partial charge in [0.15, 0.2) is 11.6 Å². The second-order valence-electron chi connectivity index (χ2n) is 14.9. The zero-order valence-corrected chi connectivity index (χ0v) is 32.7. The van der Waals surface area contributed by atoms with Gasteiger partial charge in [0.25, 0.3) is 30.4 Å². The number of hydrogen-bond acceptors (Lipinski definition) is 11. The number of Topliss-reactive ketones (excluding diaryl/α,β-unsaturated/α-hetero) is 2. The molecule has 2 aromatic carbocycles. The van der Waals surface area contributed by atoms with E-state index in [1.54, 1.807) is 30.9 Å². The Balaban J connectivity index is 1.48. The van der Waals surface area contributed by atoms with Gasteiger partial charge in [-0.2, -0.15) is 25.3 Å². The van der Waals surface area contributed by atoms with E-state index in [0.29, 0.717) is 59.7 Å². The van der Waals surface area contributed by atoms with Crippen LogP contribution in [-0.4, -0.2) is 80.4 Å². The molecule has 0 spiro atoms. The molecule has 2 aromatic rings. The molecule has 1 saturated carbocycles. The molecule has 2 heterocycles. The van der Waals surface area contributed by atoms with Crippen molar-refractivity contribution in [3.05, 3.63) is 71.1 Å². The minimum absolute atomic E-state index is 0.00392. The first-order valence-corrected chi connectivity index (χ1v) is 21.8. The Hall–Kier alpha value is -3.94. The van der Waals surface area contributed by atoms with Gasteiger partial charge in [-0.25, -0.2) is 0 Å². The number of nitrogens with zero attached hydrogens (tertiary/aromatic N) is 2. The zero-order valence-electron chi connectivity index (χ0n) is 30.2. The fourth-order valence-electron chi connectivity index (χ4n) is 7.60. The summed E-state index contributed by atoms with van der Waals surface area (Å²) in [6.07, 6.45) is 5.03. The normalized spacial score (nSPS) is 22.1. The molecule has 15 nitrogen and oxygen atoms in total. The van der Waals surface area contributed by atoms with Gasteiger partial charge in [-0.15, -0.1) is 0 Å². The van der Waals surface area contributed by atoms with Gasteiger partial charge in [-0.05, 0) is 85.4 Å². The highest BCUT2D eigenvalue weighted by atomic mass is 32.2. The molecular formula is C36H44N2O13S3. The summed E-state index contributed by atoms with van der Waals surface area (Å²) in [6.45, 7) is 7.73. The summed E-state index contributed by atoms with van der Waals surface area (Å²) in [5, 5.41) is 9.04. The highest BCUT2D eigenvalue weighted by Gasteiger charge is 2.51. The van der Waals surface area contributed by atoms with Crippen LogP contribution in [0.15, 0.2) is 69.7 Å². The smallest absolute Gasteiger partial charge is 0.303 e. The van der Waals surface area contributed by atoms with Crippen molar-refractivity contribution in [2.45, 2.75) is 86.8 Å². The van der Waals surface area contributed by atoms with Gasteiger partial charge >= 0.3 is 5.97 Å². The standard InChI is InChI=1S/C36H44N2O13S3/c1-35(2)26-18-22(53(46,47)48)11-13-28(26)37(15-7-5-6-10-32(39)40)30(35)20-24-33(41)25(34(24)42)21-31-36(3,4)27-19-23(54(49,50)51)12-14-29(27)38(31)16-8-9-17-52(43,44)45/h11-14,18-21,24-25H,5-10,15-17H2,1-4H3,(H,39,40)(H,43,44,45)(H,46,47,48)(H,49,50,51)/b30-20-,31-21+. The Bertz CT molecular complexity index is 2280. The molecule has 18 heteroatoms. The number of carbonyl (C=O) groups excluding carboxylic acids is 2. The average molecular weight is 809 g/mol. The van der Waals surface area contributed by atoms with Gasteiger partial charge in [0, 0.05) is 53.1 Å². The Labute approximate surface area is 315 Å². The van der Waals surface area contributed by atoms with E-state index in [0.717, 1.165) is 0 Å². The molecule has 0 radical (unpaired) electrons. The number of carboxylic acid groups (broad SMARTS) is 1. The van der Waals surface area contributed by atoms with E-state index >= 15 is 0 Å². The fraction of sp³-hybridized carbons (Fsp3) is 0.472. The van der Waals surface area contributed by atoms with E-state index in [1.807, 2.05) is 18.7 Å². The lowest BCUT2D eigenvalue weighted by Crippen LogP contribution is -2.48. The lowest BCUT2D eigenvalue weighted by Gasteiger charge is -2.35. The van der Waals surface area contributed by atoms with Crippen LogP contribution in [0.4, 0.5) is 11.4 Å². The molecule has 3 aliphatic rings. The van der Waals surface area contributed by atoms with Crippen molar-refractivity contribution in [1.29, 1.82) is 0 Å². The first-order valence-electron chi connectivity index (χ1n) is 17.3. The number of rotatable bonds is 15. The van der Waals surface area contributed by atoms with Crippen LogP contribution in [0.2, 0.25) is 0 Å². The molecule has 4 N–H and O–H groups in total. The van der Waals surface area contributed by atoms with Crippen molar-refractivity contribution in [3.63, 3.8) is 0 Å². The maximum atomic E-state index is 13.9. The maximum absolute atomic E-state index is 13.9. The van der Waals surface area contributed by atoms with Crippen LogP contribution >= 0.6 is 0 Å². The third kappa shape index (κ3) is 8.18. The number of unbranched alkanes of at least 4 members (excludes halogenated alkanes) is 3. The summed E-state index contributed by atoms with van der Waals surface area (Å²) < 4.78 is 99.5. The lowest BCUT2D eigenvalue weighted by atomic mass is 9.69. The third-order valence-corrected chi connectivity index (χ3v) is 13.0. The van der Waals surface area contributed by atoms with Gasteiger partial charge in [0.2, 0.25) is 0 Å². The van der Waals surface area contributed by atoms with E-state index in [9.17, 15) is 53.3 Å². The number of carboxylic acids is 1. The van der Waals surface area contributed by atoms with Crippen molar-refractivity contribution in [2.75, 3.05) is 28.6 Å². The van der Waals surface area contributed by atoms with E-state index < -0.39 is 76.3 Å². The number of benzene rings is 2. The Kier molecular flexibility index (Phi) is 11.2. The minimum Gasteiger partial charge on any atom is -0.481 e. The predicted molar refractivity (Wildman–Crippen MR) is 198 cm³/mol. The van der Waals surface area contributed by atoms with Crippen LogP contribution < -0.4 is 9.80 Å². The van der Waals surface area contributed by atoms with Crippen molar-refractivity contribution in [2.24, 2.45) is 11.8 Å². The van der Waals surface area contributed by atoms with Crippen LogP contribution in [0.5, 0.6) is 0 Å². The zero-order chi connectivity index (χ0) is 40.2. The van der Waals surface area contributed by atoms with Crippen molar-refractivity contribution < 1.29 is 58.4 Å². The fourth-order valence-corrected chi connectivity index (χ4v) is 9.19. The molecule has 294 valence electrons. The molecule has 2 aliphatic heterocycles. The second kappa shape index (κ2) is 14.6. The van der Waals surface area contributed by atoms with Gasteiger partial charge in [-0.1, -0.05) is 34.1 Å². The Morgan fingerprint density at radius 2 is 1.07 bits per heavy atom. The molecule has 0 atom stereocenters. The largest absolute Gasteiger partial charge is 0.481 e. The number of fused-ring (bicyclic) bond motifs is 2. The minimum atomic E-state index is -4.57. The molecular weight excluding hydrogens is 765 g/mol. The first-order chi connectivity index (χ1) is 24.9. The van der Waals surface area contributed by atoms with Gasteiger partial charge in [0.05, 0.1) is 27.4 Å². The van der Waals surface area contributed by atoms with Gasteiger partial charge < -0.3 is 14.9 Å². The molecule has 5 rings (SSSR count). The number of carbonyl (C=O) groups is 3. The number of aliphatic carboxylic acids is 1. The van der Waals surface area contributed by atoms with Crippen LogP contribution in [0.3, 0.4) is 0 Å². The van der Waals surface area contributed by atoms with Crippen LogP contribution in [0.1, 0.15) is 77.3 Å². The van der Waals surface area contributed by atoms with E-state index in [4.69, 9.17) is 5.11 Å². The van der Waals surface area contributed by atoms with Crippen molar-refractivity contribution >= 4 is 59.3 Å². The quantitative estimate of drug-likeness (QED) is 0.110. The molecule has 0 aromatic heterocycles. The molecule has 0 saturated heterocycles. The Morgan fingerprint density at radius 1 is 0.667 bits per heavy atom. The number of anilines is 2. The van der Waals surface area contributed by atoms with Crippen LogP contribution in [-0.2, 0) is 55.6 Å². The van der Waals surface area contributed by atoms with Crippen LogP contribution in [0, 0.1) is 11.8 Å². The maximum Gasteiger partial charge on any atom is 0.303 e. The lowest BCUT2D eigenvalue weighted by molar-refractivity contribution is -0.146. The monoisotopic (exact) mass is 808 g/mol. The van der Waals surface area contributed by atoms with Crippen LogP contribution in [0.25, 0.3) is 0 Å². The highest BCUT2D eigenvalue weighted by molar-refractivity contribution is 7.86. The molecule has 0 bridgehead atoms. The SMILES string of the molecule is CC1(C)/C(=C/C2C(=O)C(/C=C3/N(CCCCS(=O)(=O)O)c4ccc(S(=O)(=O)O)cc4C3(C)C)C2=O)N(CCCCCC(=O)O)c2ccc(S(=O)(=O)O)cc21. The molecule has 54 heavy (non-hydrogen) atoms. The van der Waals surface area contributed by atoms with E-state index in [2.05, 4.69) is 0 Å². The average Bonchev–Trinajstić information content (AvgIpc) is 3.40. The number of hydrogen-bond donors (Lipinski definition) is 4. The van der Waals surface area contributed by atoms with Gasteiger partial charge in [0.1, 0.15) is 0 Å². The highest BCUT2D eigenvalue weighted by Crippen LogP contribution is 2.52. The van der Waals surface area contributed by atoms with Crippen molar-refractivity contribution in [3.8, 4) is 0 Å². The summed E-state index contributed by atoms with van der Waals surface area (Å²) in [5.74, 6) is -4.57. The molecule has 0 amide bonds. The molecule has 1 fully saturated rings. The predicted octanol–water partition coefficient (Wildman–Crippen LogP) is 4.54. The number of ketones is 2. The first kappa shape index (κ1) is 41.2.